The summed E-state index contributed by atoms with van der Waals surface area (Å²) in [5, 5.41) is 4.48. The minimum absolute atomic E-state index is 0.0960. The van der Waals surface area contributed by atoms with Crippen LogP contribution in [-0.4, -0.2) is 42.1 Å². The first-order chi connectivity index (χ1) is 10.1. The van der Waals surface area contributed by atoms with Crippen molar-refractivity contribution >= 4 is 23.2 Å². The Balaban J connectivity index is 1.64. The van der Waals surface area contributed by atoms with Crippen molar-refractivity contribution in [3.05, 3.63) is 46.8 Å². The summed E-state index contributed by atoms with van der Waals surface area (Å²) in [6, 6.07) is 9.44. The average molecular weight is 306 g/mol. The van der Waals surface area contributed by atoms with Gasteiger partial charge in [0.05, 0.1) is 5.69 Å². The summed E-state index contributed by atoms with van der Waals surface area (Å²) in [5.41, 5.74) is 1.81. The summed E-state index contributed by atoms with van der Waals surface area (Å²) < 4.78 is 5.03. The van der Waals surface area contributed by atoms with E-state index in [0.717, 1.165) is 29.5 Å². The summed E-state index contributed by atoms with van der Waals surface area (Å²) in [5.74, 6) is 0.213. The Labute approximate surface area is 128 Å². The molecule has 1 saturated heterocycles. The van der Waals surface area contributed by atoms with Gasteiger partial charge in [-0.15, -0.1) is 0 Å². The molecule has 0 unspecified atom stereocenters. The van der Waals surface area contributed by atoms with Gasteiger partial charge in [0, 0.05) is 43.0 Å². The molecular formula is C15H16ClN3O2. The van der Waals surface area contributed by atoms with Crippen LogP contribution in [0.4, 0.5) is 5.69 Å². The molecule has 0 spiro atoms. The molecule has 0 aliphatic carbocycles. The van der Waals surface area contributed by atoms with E-state index in [0.29, 0.717) is 18.8 Å². The standard InChI is InChI=1S/C15H16ClN3O2/c1-11-9-14(21-17-11)15(20)19-7-5-18(6-8-19)13-4-2-3-12(16)10-13/h2-4,9-10H,5-8H2,1H3. The molecule has 2 aromatic rings. The lowest BCUT2D eigenvalue weighted by Gasteiger charge is -2.35. The number of amides is 1. The smallest absolute Gasteiger partial charge is 0.292 e. The van der Waals surface area contributed by atoms with Crippen molar-refractivity contribution in [1.29, 1.82) is 0 Å². The maximum absolute atomic E-state index is 12.3. The van der Waals surface area contributed by atoms with Crippen LogP contribution in [0.25, 0.3) is 0 Å². The Morgan fingerprint density at radius 1 is 1.24 bits per heavy atom. The molecule has 3 rings (SSSR count). The molecule has 5 nitrogen and oxygen atoms in total. The summed E-state index contributed by atoms with van der Waals surface area (Å²) in [6.45, 7) is 4.67. The van der Waals surface area contributed by atoms with Gasteiger partial charge in [0.25, 0.3) is 5.91 Å². The van der Waals surface area contributed by atoms with E-state index in [-0.39, 0.29) is 5.91 Å². The van der Waals surface area contributed by atoms with Gasteiger partial charge < -0.3 is 14.3 Å². The van der Waals surface area contributed by atoms with Crippen molar-refractivity contribution in [3.8, 4) is 0 Å². The lowest BCUT2D eigenvalue weighted by molar-refractivity contribution is 0.0705. The molecule has 1 amide bonds. The van der Waals surface area contributed by atoms with Gasteiger partial charge in [-0.05, 0) is 25.1 Å². The number of piperazine rings is 1. The van der Waals surface area contributed by atoms with Crippen molar-refractivity contribution in [2.45, 2.75) is 6.92 Å². The van der Waals surface area contributed by atoms with E-state index in [1.54, 1.807) is 17.9 Å². The second-order valence-corrected chi connectivity index (χ2v) is 5.53. The number of hydrogen-bond acceptors (Lipinski definition) is 4. The molecule has 6 heteroatoms. The number of halogens is 1. The molecule has 110 valence electrons. The molecule has 21 heavy (non-hydrogen) atoms. The quantitative estimate of drug-likeness (QED) is 0.856. The number of anilines is 1. The number of hydrogen-bond donors (Lipinski definition) is 0. The first-order valence-corrected chi connectivity index (χ1v) is 7.24. The van der Waals surface area contributed by atoms with Crippen LogP contribution in [0.15, 0.2) is 34.9 Å². The lowest BCUT2D eigenvalue weighted by atomic mass is 10.2. The Kier molecular flexibility index (Phi) is 3.84. The number of carbonyl (C=O) groups excluding carboxylic acids is 1. The monoisotopic (exact) mass is 305 g/mol. The van der Waals surface area contributed by atoms with Crippen LogP contribution in [0.5, 0.6) is 0 Å². The number of aromatic nitrogens is 1. The predicted octanol–water partition coefficient (Wildman–Crippen LogP) is 2.60. The van der Waals surface area contributed by atoms with Gasteiger partial charge in [-0.1, -0.05) is 22.8 Å². The van der Waals surface area contributed by atoms with E-state index < -0.39 is 0 Å². The molecule has 0 N–H and O–H groups in total. The van der Waals surface area contributed by atoms with Gasteiger partial charge in [-0.3, -0.25) is 4.79 Å². The van der Waals surface area contributed by atoms with Crippen LogP contribution in [0, 0.1) is 6.92 Å². The fourth-order valence-corrected chi connectivity index (χ4v) is 2.65. The fraction of sp³-hybridized carbons (Fsp3) is 0.333. The van der Waals surface area contributed by atoms with Crippen LogP contribution in [0.3, 0.4) is 0 Å². The zero-order valence-corrected chi connectivity index (χ0v) is 12.5. The Morgan fingerprint density at radius 3 is 2.62 bits per heavy atom. The fourth-order valence-electron chi connectivity index (χ4n) is 2.46. The van der Waals surface area contributed by atoms with Crippen molar-refractivity contribution in [1.82, 2.24) is 10.1 Å². The van der Waals surface area contributed by atoms with Crippen LogP contribution in [0.2, 0.25) is 5.02 Å². The van der Waals surface area contributed by atoms with E-state index in [2.05, 4.69) is 10.1 Å². The van der Waals surface area contributed by atoms with Gasteiger partial charge in [-0.25, -0.2) is 0 Å². The highest BCUT2D eigenvalue weighted by Crippen LogP contribution is 2.21. The Morgan fingerprint density at radius 2 is 2.00 bits per heavy atom. The number of carbonyl (C=O) groups is 1. The summed E-state index contributed by atoms with van der Waals surface area (Å²) in [4.78, 5) is 16.3. The van der Waals surface area contributed by atoms with Crippen LogP contribution >= 0.6 is 11.6 Å². The maximum Gasteiger partial charge on any atom is 0.292 e. The molecule has 1 aromatic carbocycles. The SMILES string of the molecule is Cc1cc(C(=O)N2CCN(c3cccc(Cl)c3)CC2)on1. The zero-order valence-electron chi connectivity index (χ0n) is 11.8. The number of nitrogens with zero attached hydrogens (tertiary/aromatic N) is 3. The van der Waals surface area contributed by atoms with Crippen LogP contribution in [-0.2, 0) is 0 Å². The third-order valence-electron chi connectivity index (χ3n) is 3.58. The van der Waals surface area contributed by atoms with E-state index in [1.165, 1.54) is 0 Å². The highest BCUT2D eigenvalue weighted by molar-refractivity contribution is 6.30. The second-order valence-electron chi connectivity index (χ2n) is 5.09. The second kappa shape index (κ2) is 5.77. The lowest BCUT2D eigenvalue weighted by Crippen LogP contribution is -2.48. The third kappa shape index (κ3) is 3.03. The minimum Gasteiger partial charge on any atom is -0.368 e. The molecular weight excluding hydrogens is 290 g/mol. The summed E-state index contributed by atoms with van der Waals surface area (Å²) >= 11 is 6.02. The Bertz CT molecular complexity index is 648. The van der Waals surface area contributed by atoms with E-state index in [1.807, 2.05) is 24.3 Å². The van der Waals surface area contributed by atoms with Gasteiger partial charge in [0.1, 0.15) is 0 Å². The third-order valence-corrected chi connectivity index (χ3v) is 3.81. The summed E-state index contributed by atoms with van der Waals surface area (Å²) in [6.07, 6.45) is 0. The van der Waals surface area contributed by atoms with Gasteiger partial charge in [-0.2, -0.15) is 0 Å². The van der Waals surface area contributed by atoms with Crippen molar-refractivity contribution in [3.63, 3.8) is 0 Å². The largest absolute Gasteiger partial charge is 0.368 e. The molecule has 0 atom stereocenters. The molecule has 1 aliphatic rings. The number of benzene rings is 1. The van der Waals surface area contributed by atoms with Gasteiger partial charge >= 0.3 is 0 Å². The molecule has 1 aromatic heterocycles. The van der Waals surface area contributed by atoms with E-state index in [4.69, 9.17) is 16.1 Å². The molecule has 2 heterocycles. The molecule has 0 bridgehead atoms. The van der Waals surface area contributed by atoms with Gasteiger partial charge in [0.15, 0.2) is 0 Å². The summed E-state index contributed by atoms with van der Waals surface area (Å²) in [7, 11) is 0. The first kappa shape index (κ1) is 13.9. The van der Waals surface area contributed by atoms with E-state index in [9.17, 15) is 4.79 Å². The number of rotatable bonds is 2. The predicted molar refractivity (Wildman–Crippen MR) is 80.8 cm³/mol. The van der Waals surface area contributed by atoms with Crippen LogP contribution < -0.4 is 4.90 Å². The zero-order chi connectivity index (χ0) is 14.8. The van der Waals surface area contributed by atoms with Crippen molar-refractivity contribution in [2.75, 3.05) is 31.1 Å². The molecule has 0 radical (unpaired) electrons. The molecule has 0 saturated carbocycles. The highest BCUT2D eigenvalue weighted by atomic mass is 35.5. The topological polar surface area (TPSA) is 49.6 Å². The van der Waals surface area contributed by atoms with Crippen LogP contribution in [0.1, 0.15) is 16.2 Å². The van der Waals surface area contributed by atoms with E-state index >= 15 is 0 Å². The normalized spacial score (nSPS) is 15.3. The molecule has 1 fully saturated rings. The minimum atomic E-state index is -0.0960. The average Bonchev–Trinajstić information content (AvgIpc) is 2.93. The first-order valence-electron chi connectivity index (χ1n) is 6.86. The maximum atomic E-state index is 12.3. The number of aryl methyl sites for hydroxylation is 1. The highest BCUT2D eigenvalue weighted by Gasteiger charge is 2.24. The molecule has 1 aliphatic heterocycles. The Hall–Kier alpha value is -2.01. The van der Waals surface area contributed by atoms with Gasteiger partial charge in [0.2, 0.25) is 5.76 Å². The van der Waals surface area contributed by atoms with Crippen molar-refractivity contribution < 1.29 is 9.32 Å². The van der Waals surface area contributed by atoms with Crippen molar-refractivity contribution in [2.24, 2.45) is 0 Å².